The fraction of sp³-hybridized carbons (Fsp3) is 0.125. The number of rotatable bonds is 3. The van der Waals surface area contributed by atoms with E-state index in [0.717, 1.165) is 0 Å². The van der Waals surface area contributed by atoms with Gasteiger partial charge in [-0.3, -0.25) is 0 Å². The summed E-state index contributed by atoms with van der Waals surface area (Å²) in [6.07, 6.45) is 0. The van der Waals surface area contributed by atoms with Crippen LogP contribution in [0.2, 0.25) is 0 Å². The Balaban J connectivity index is 1.04. The molecule has 1 spiro atoms. The molecule has 0 saturated heterocycles. The minimum absolute atomic E-state index is 0.0764. The summed E-state index contributed by atoms with van der Waals surface area (Å²) in [6, 6.07) is 77.6. The second-order valence-electron chi connectivity index (χ2n) is 20.4. The van der Waals surface area contributed by atoms with Crippen LogP contribution in [0.15, 0.2) is 194 Å². The van der Waals surface area contributed by atoms with E-state index in [1.54, 1.807) is 21.5 Å². The second-order valence-corrected chi connectivity index (χ2v) is 24.3. The van der Waals surface area contributed by atoms with Gasteiger partial charge in [0.15, 0.2) is 0 Å². The van der Waals surface area contributed by atoms with Crippen LogP contribution in [0.25, 0.3) is 88.3 Å². The predicted molar refractivity (Wildman–Crippen MR) is 277 cm³/mol. The Morgan fingerprint density at radius 1 is 0.308 bits per heavy atom. The molecule has 0 bridgehead atoms. The first-order valence-electron chi connectivity index (χ1n) is 23.5. The molecule has 0 atom stereocenters. The molecular formula is C64H48Si. The summed E-state index contributed by atoms with van der Waals surface area (Å²) in [5.74, 6) is 0. The molecule has 14 rings (SSSR count). The van der Waals surface area contributed by atoms with Crippen LogP contribution in [0, 0.1) is 0 Å². The van der Waals surface area contributed by atoms with E-state index >= 15 is 0 Å². The van der Waals surface area contributed by atoms with Gasteiger partial charge in [0.25, 0.3) is 0 Å². The Kier molecular flexibility index (Phi) is 7.48. The minimum Gasteiger partial charge on any atom is -0.0623 e. The zero-order chi connectivity index (χ0) is 43.4. The van der Waals surface area contributed by atoms with E-state index in [0.29, 0.717) is 0 Å². The van der Waals surface area contributed by atoms with Gasteiger partial charge in [-0.2, -0.15) is 0 Å². The highest BCUT2D eigenvalue weighted by atomic mass is 28.3. The van der Waals surface area contributed by atoms with Crippen molar-refractivity contribution in [2.45, 2.75) is 50.6 Å². The van der Waals surface area contributed by atoms with Crippen LogP contribution < -0.4 is 10.4 Å². The highest BCUT2D eigenvalue weighted by Gasteiger charge is 2.49. The van der Waals surface area contributed by atoms with Crippen LogP contribution in [0.1, 0.15) is 61.1 Å². The number of benzene rings is 10. The van der Waals surface area contributed by atoms with Crippen molar-refractivity contribution < 1.29 is 0 Å². The molecule has 0 amide bonds. The molecule has 4 aliphatic rings. The van der Waals surface area contributed by atoms with Crippen molar-refractivity contribution in [2.24, 2.45) is 0 Å². The topological polar surface area (TPSA) is 0 Å². The lowest BCUT2D eigenvalue weighted by Gasteiger charge is -2.25. The van der Waals surface area contributed by atoms with Crippen molar-refractivity contribution in [3.63, 3.8) is 0 Å². The molecular weight excluding hydrogens is 797 g/mol. The van der Waals surface area contributed by atoms with Crippen molar-refractivity contribution in [1.29, 1.82) is 0 Å². The van der Waals surface area contributed by atoms with Gasteiger partial charge in [0, 0.05) is 10.8 Å². The lowest BCUT2D eigenvalue weighted by molar-refractivity contribution is 0.660. The van der Waals surface area contributed by atoms with Gasteiger partial charge >= 0.3 is 0 Å². The summed E-state index contributed by atoms with van der Waals surface area (Å²) < 4.78 is 0. The summed E-state index contributed by atoms with van der Waals surface area (Å²) in [6.45, 7) is 9.57. The molecule has 0 N–H and O–H groups in total. The van der Waals surface area contributed by atoms with Crippen molar-refractivity contribution in [3.05, 3.63) is 228 Å². The highest BCUT2D eigenvalue weighted by molar-refractivity contribution is 7.05. The summed E-state index contributed by atoms with van der Waals surface area (Å²) in [5.41, 5.74) is 24.6. The number of hydrogen-bond acceptors (Lipinski definition) is 0. The Morgan fingerprint density at radius 2 is 0.831 bits per heavy atom. The predicted octanol–water partition coefficient (Wildman–Crippen LogP) is 15.0. The molecule has 308 valence electrons. The smallest absolute Gasteiger partial charge is 0.0623 e. The van der Waals surface area contributed by atoms with Crippen LogP contribution in [0.3, 0.4) is 0 Å². The monoisotopic (exact) mass is 844 g/mol. The van der Waals surface area contributed by atoms with E-state index in [-0.39, 0.29) is 10.8 Å². The first-order chi connectivity index (χ1) is 31.7. The van der Waals surface area contributed by atoms with E-state index in [9.17, 15) is 0 Å². The third kappa shape index (κ3) is 4.92. The summed E-state index contributed by atoms with van der Waals surface area (Å²) in [7, 11) is -2.03. The van der Waals surface area contributed by atoms with E-state index in [4.69, 9.17) is 0 Å². The molecule has 2 aliphatic heterocycles. The van der Waals surface area contributed by atoms with Crippen LogP contribution in [-0.4, -0.2) is 8.07 Å². The van der Waals surface area contributed by atoms with Gasteiger partial charge in [0.2, 0.25) is 0 Å². The van der Waals surface area contributed by atoms with Gasteiger partial charge in [-0.15, -0.1) is 0 Å². The maximum absolute atomic E-state index is 2.58. The average Bonchev–Trinajstić information content (AvgIpc) is 4.01. The van der Waals surface area contributed by atoms with E-state index in [1.807, 2.05) is 0 Å². The molecule has 0 saturated carbocycles. The average molecular weight is 845 g/mol. The summed E-state index contributed by atoms with van der Waals surface area (Å²) in [4.78, 5) is 0. The maximum atomic E-state index is 2.58. The first-order valence-corrected chi connectivity index (χ1v) is 25.9. The SMILES string of the molecule is CC1(C)c2ccccc2-c2ccc(-c3ccc4c(-c5ccc6c(c5)-c5ccccc5[Si]65Cc6ccccc6C5)c5ccccc5c(-c5cccc6c5-c5ccccc5C6(C)C)c4c3)cc21. The maximum Gasteiger partial charge on any atom is 0.128 e. The number of hydrogen-bond donors (Lipinski definition) is 0. The molecule has 1 heteroatoms. The molecule has 65 heavy (non-hydrogen) atoms. The Morgan fingerprint density at radius 3 is 1.62 bits per heavy atom. The fourth-order valence-corrected chi connectivity index (χ4v) is 18.9. The van der Waals surface area contributed by atoms with Gasteiger partial charge in [0.05, 0.1) is 0 Å². The molecule has 0 aromatic heterocycles. The quantitative estimate of drug-likeness (QED) is 0.123. The Labute approximate surface area is 382 Å². The lowest BCUT2D eigenvalue weighted by Crippen LogP contribution is -2.57. The summed E-state index contributed by atoms with van der Waals surface area (Å²) in [5, 5.41) is 8.41. The summed E-state index contributed by atoms with van der Waals surface area (Å²) >= 11 is 0. The lowest BCUT2D eigenvalue weighted by atomic mass is 9.80. The van der Waals surface area contributed by atoms with Crippen molar-refractivity contribution in [1.82, 2.24) is 0 Å². The Hall–Kier alpha value is -7.06. The van der Waals surface area contributed by atoms with E-state index < -0.39 is 8.07 Å². The third-order valence-corrected chi connectivity index (χ3v) is 21.4. The zero-order valence-electron chi connectivity index (χ0n) is 37.4. The molecule has 10 aromatic rings. The zero-order valence-corrected chi connectivity index (χ0v) is 38.4. The van der Waals surface area contributed by atoms with Crippen LogP contribution in [0.4, 0.5) is 0 Å². The van der Waals surface area contributed by atoms with Gasteiger partial charge in [0.1, 0.15) is 8.07 Å². The second kappa shape index (κ2) is 13.0. The van der Waals surface area contributed by atoms with Crippen molar-refractivity contribution in [3.8, 4) is 66.8 Å². The standard InChI is InChI=1S/C64H48Si/c1-63(2)55-25-13-10-22-50(55)62-51(23-15-26-56(62)63)61-48-21-8-7-20-47(48)60(41-30-33-59-52(35-41)46-19-11-14-27-58(46)65(59)37-42-16-5-6-17-43(42)38-65)49-32-29-39(34-53(49)61)40-28-31-45-44-18-9-12-24-54(44)64(3,4)57(45)36-40/h5-36H,37-38H2,1-4H3. The number of fused-ring (bicyclic) bond motifs is 14. The molecule has 0 unspecified atom stereocenters. The van der Waals surface area contributed by atoms with Gasteiger partial charge < -0.3 is 0 Å². The molecule has 2 aliphatic carbocycles. The van der Waals surface area contributed by atoms with Crippen molar-refractivity contribution >= 4 is 40.0 Å². The largest absolute Gasteiger partial charge is 0.128 e. The van der Waals surface area contributed by atoms with E-state index in [2.05, 4.69) is 222 Å². The van der Waals surface area contributed by atoms with Gasteiger partial charge in [-0.1, -0.05) is 204 Å². The van der Waals surface area contributed by atoms with Crippen LogP contribution >= 0.6 is 0 Å². The van der Waals surface area contributed by atoms with Crippen LogP contribution in [0.5, 0.6) is 0 Å². The fourth-order valence-electron chi connectivity index (χ4n) is 13.4. The van der Waals surface area contributed by atoms with Crippen molar-refractivity contribution in [2.75, 3.05) is 0 Å². The molecule has 0 radical (unpaired) electrons. The van der Waals surface area contributed by atoms with Gasteiger partial charge in [-0.25, -0.2) is 0 Å². The Bertz CT molecular complexity index is 3700. The first kappa shape index (κ1) is 37.3. The van der Waals surface area contributed by atoms with E-state index in [1.165, 1.54) is 123 Å². The molecule has 2 heterocycles. The van der Waals surface area contributed by atoms with Crippen LogP contribution in [-0.2, 0) is 22.9 Å². The molecule has 0 nitrogen and oxygen atoms in total. The normalized spacial score (nSPS) is 15.9. The highest BCUT2D eigenvalue weighted by Crippen LogP contribution is 2.56. The molecule has 10 aromatic carbocycles. The third-order valence-electron chi connectivity index (χ3n) is 16.5. The molecule has 0 fully saturated rings. The minimum atomic E-state index is -2.03. The van der Waals surface area contributed by atoms with Gasteiger partial charge in [-0.05, 0) is 162 Å².